The number of aryl methyl sites for hydroxylation is 1. The third-order valence-corrected chi connectivity index (χ3v) is 3.04. The summed E-state index contributed by atoms with van der Waals surface area (Å²) in [5.41, 5.74) is 3.52. The number of nitrogens with one attached hydrogen (secondary N) is 1. The molecule has 0 bridgehead atoms. The maximum absolute atomic E-state index is 4.21. The van der Waals surface area contributed by atoms with Crippen LogP contribution < -0.4 is 0 Å². The molecule has 0 saturated heterocycles. The van der Waals surface area contributed by atoms with Gasteiger partial charge in [-0.3, -0.25) is 0 Å². The zero-order valence-corrected chi connectivity index (χ0v) is 9.80. The molecule has 0 aliphatic heterocycles. The van der Waals surface area contributed by atoms with Gasteiger partial charge >= 0.3 is 0 Å². The Hall–Kier alpha value is -1.35. The molecule has 74 valence electrons. The molecule has 0 radical (unpaired) electrons. The predicted molar refractivity (Wildman–Crippen MR) is 66.0 cm³/mol. The predicted octanol–water partition coefficient (Wildman–Crippen LogP) is 3.79. The zero-order chi connectivity index (χ0) is 10.4. The molecule has 0 unspecified atom stereocenters. The zero-order valence-electron chi connectivity index (χ0n) is 8.21. The summed E-state index contributed by atoms with van der Waals surface area (Å²) >= 11 is 3.40. The normalized spacial score (nSPS) is 11.3. The van der Waals surface area contributed by atoms with Crippen LogP contribution in [-0.2, 0) is 0 Å². The summed E-state index contributed by atoms with van der Waals surface area (Å²) in [6.45, 7) is 2.11. The largest absolute Gasteiger partial charge is 0.353 e. The number of rotatable bonds is 0. The number of fused-ring (bicyclic) bond motifs is 3. The van der Waals surface area contributed by atoms with Crippen molar-refractivity contribution in [3.05, 3.63) is 40.6 Å². The smallest absolute Gasteiger partial charge is 0.106 e. The summed E-state index contributed by atoms with van der Waals surface area (Å²) in [5.74, 6) is 0. The maximum atomic E-state index is 4.21. The number of pyridine rings is 1. The maximum Gasteiger partial charge on any atom is 0.106 e. The highest BCUT2D eigenvalue weighted by Crippen LogP contribution is 2.27. The first-order valence-corrected chi connectivity index (χ1v) is 5.57. The summed E-state index contributed by atoms with van der Waals surface area (Å²) in [6.07, 6.45) is 1.86. The lowest BCUT2D eigenvalue weighted by molar-refractivity contribution is 1.30. The van der Waals surface area contributed by atoms with Crippen LogP contribution in [0.15, 0.2) is 35.1 Å². The molecule has 2 nitrogen and oxygen atoms in total. The van der Waals surface area contributed by atoms with Crippen molar-refractivity contribution in [2.75, 3.05) is 0 Å². The van der Waals surface area contributed by atoms with Gasteiger partial charge < -0.3 is 4.98 Å². The van der Waals surface area contributed by atoms with E-state index in [-0.39, 0.29) is 0 Å². The summed E-state index contributed by atoms with van der Waals surface area (Å²) in [4.78, 5) is 7.56. The second-order valence-electron chi connectivity index (χ2n) is 3.73. The monoisotopic (exact) mass is 260 g/mol. The van der Waals surface area contributed by atoms with E-state index >= 15 is 0 Å². The molecular weight excluding hydrogens is 252 g/mol. The lowest BCUT2D eigenvalue weighted by Gasteiger charge is -1.93. The Labute approximate surface area is 95.5 Å². The van der Waals surface area contributed by atoms with E-state index in [1.165, 1.54) is 16.3 Å². The highest BCUT2D eigenvalue weighted by Gasteiger charge is 2.04. The van der Waals surface area contributed by atoms with E-state index in [0.29, 0.717) is 0 Å². The number of H-pyrrole nitrogens is 1. The summed E-state index contributed by atoms with van der Waals surface area (Å²) in [7, 11) is 0. The molecule has 3 aromatic rings. The van der Waals surface area contributed by atoms with Gasteiger partial charge in [-0.1, -0.05) is 11.6 Å². The first-order chi connectivity index (χ1) is 7.24. The number of nitrogens with zero attached hydrogens (tertiary/aromatic N) is 1. The SMILES string of the molecule is Cc1ccc2[nH]c3cnc(Br)cc3c2c1. The number of aromatic nitrogens is 2. The van der Waals surface area contributed by atoms with E-state index in [4.69, 9.17) is 0 Å². The first kappa shape index (κ1) is 8.92. The molecule has 0 amide bonds. The van der Waals surface area contributed by atoms with E-state index in [1.807, 2.05) is 12.3 Å². The van der Waals surface area contributed by atoms with Crippen LogP contribution in [0.25, 0.3) is 21.8 Å². The third kappa shape index (κ3) is 1.35. The Morgan fingerprint density at radius 2 is 1.93 bits per heavy atom. The molecule has 3 heteroatoms. The number of hydrogen-bond acceptors (Lipinski definition) is 1. The van der Waals surface area contributed by atoms with Gasteiger partial charge in [-0.2, -0.15) is 0 Å². The van der Waals surface area contributed by atoms with Gasteiger partial charge in [-0.05, 0) is 41.1 Å². The van der Waals surface area contributed by atoms with E-state index in [0.717, 1.165) is 15.6 Å². The van der Waals surface area contributed by atoms with Gasteiger partial charge in [-0.25, -0.2) is 4.98 Å². The minimum atomic E-state index is 0.873. The van der Waals surface area contributed by atoms with Gasteiger partial charge in [0.1, 0.15) is 4.60 Å². The molecule has 0 atom stereocenters. The number of benzene rings is 1. The van der Waals surface area contributed by atoms with Crippen LogP contribution in [0.1, 0.15) is 5.56 Å². The van der Waals surface area contributed by atoms with Crippen LogP contribution in [0.3, 0.4) is 0 Å². The Balaban J connectivity index is 2.55. The Morgan fingerprint density at radius 3 is 2.80 bits per heavy atom. The van der Waals surface area contributed by atoms with Gasteiger partial charge in [0.05, 0.1) is 11.7 Å². The molecule has 1 aromatic carbocycles. The highest BCUT2D eigenvalue weighted by atomic mass is 79.9. The lowest BCUT2D eigenvalue weighted by Crippen LogP contribution is -1.74. The fourth-order valence-electron chi connectivity index (χ4n) is 1.89. The fraction of sp³-hybridized carbons (Fsp3) is 0.0833. The van der Waals surface area contributed by atoms with Crippen molar-refractivity contribution in [2.45, 2.75) is 6.92 Å². The second kappa shape index (κ2) is 3.07. The third-order valence-electron chi connectivity index (χ3n) is 2.61. The molecule has 15 heavy (non-hydrogen) atoms. The van der Waals surface area contributed by atoms with Gasteiger partial charge in [0, 0.05) is 16.3 Å². The minimum absolute atomic E-state index is 0.873. The second-order valence-corrected chi connectivity index (χ2v) is 4.54. The van der Waals surface area contributed by atoms with E-state index < -0.39 is 0 Å². The van der Waals surface area contributed by atoms with Crippen LogP contribution in [0, 0.1) is 6.92 Å². The van der Waals surface area contributed by atoms with Crippen molar-refractivity contribution < 1.29 is 0 Å². The standard InChI is InChI=1S/C12H9BrN2/c1-7-2-3-10-8(4-7)9-5-12(13)14-6-11(9)15-10/h2-6,15H,1H3. The van der Waals surface area contributed by atoms with Crippen molar-refractivity contribution in [3.8, 4) is 0 Å². The molecule has 1 N–H and O–H groups in total. The molecule has 3 rings (SSSR count). The molecule has 0 saturated carbocycles. The highest BCUT2D eigenvalue weighted by molar-refractivity contribution is 9.10. The van der Waals surface area contributed by atoms with E-state index in [1.54, 1.807) is 0 Å². The Kier molecular flexibility index (Phi) is 1.83. The molecule has 0 spiro atoms. The minimum Gasteiger partial charge on any atom is -0.353 e. The van der Waals surface area contributed by atoms with Crippen LogP contribution in [0.5, 0.6) is 0 Å². The number of aromatic amines is 1. The van der Waals surface area contributed by atoms with Crippen molar-refractivity contribution in [1.29, 1.82) is 0 Å². The Bertz CT molecular complexity index is 599. The fourth-order valence-corrected chi connectivity index (χ4v) is 2.22. The average molecular weight is 261 g/mol. The molecule has 2 heterocycles. The van der Waals surface area contributed by atoms with E-state index in [2.05, 4.69) is 51.0 Å². The van der Waals surface area contributed by atoms with Crippen LogP contribution in [0.4, 0.5) is 0 Å². The van der Waals surface area contributed by atoms with Gasteiger partial charge in [0.15, 0.2) is 0 Å². The molecule has 0 aliphatic carbocycles. The average Bonchev–Trinajstić information content (AvgIpc) is 2.56. The van der Waals surface area contributed by atoms with Gasteiger partial charge in [0.2, 0.25) is 0 Å². The van der Waals surface area contributed by atoms with Gasteiger partial charge in [-0.15, -0.1) is 0 Å². The Morgan fingerprint density at radius 1 is 1.13 bits per heavy atom. The van der Waals surface area contributed by atoms with Crippen molar-refractivity contribution in [1.82, 2.24) is 9.97 Å². The first-order valence-electron chi connectivity index (χ1n) is 4.77. The van der Waals surface area contributed by atoms with Gasteiger partial charge in [0.25, 0.3) is 0 Å². The summed E-state index contributed by atoms with van der Waals surface area (Å²) < 4.78 is 0.873. The summed E-state index contributed by atoms with van der Waals surface area (Å²) in [6, 6.07) is 8.47. The number of hydrogen-bond donors (Lipinski definition) is 1. The van der Waals surface area contributed by atoms with Crippen LogP contribution >= 0.6 is 15.9 Å². The van der Waals surface area contributed by atoms with Crippen LogP contribution in [-0.4, -0.2) is 9.97 Å². The van der Waals surface area contributed by atoms with Crippen molar-refractivity contribution in [2.24, 2.45) is 0 Å². The summed E-state index contributed by atoms with van der Waals surface area (Å²) in [5, 5.41) is 2.48. The molecular formula is C12H9BrN2. The molecule has 0 fully saturated rings. The van der Waals surface area contributed by atoms with E-state index in [9.17, 15) is 0 Å². The van der Waals surface area contributed by atoms with Crippen molar-refractivity contribution >= 4 is 37.7 Å². The quantitative estimate of drug-likeness (QED) is 0.613. The topological polar surface area (TPSA) is 28.7 Å². The van der Waals surface area contributed by atoms with Crippen LogP contribution in [0.2, 0.25) is 0 Å². The van der Waals surface area contributed by atoms with Crippen molar-refractivity contribution in [3.63, 3.8) is 0 Å². The molecule has 0 aliphatic rings. The lowest BCUT2D eigenvalue weighted by atomic mass is 10.1. The molecule has 2 aromatic heterocycles. The number of halogens is 1.